The van der Waals surface area contributed by atoms with Gasteiger partial charge in [0.05, 0.1) is 17.7 Å². The van der Waals surface area contributed by atoms with Crippen molar-refractivity contribution in [3.05, 3.63) is 70.9 Å². The van der Waals surface area contributed by atoms with Gasteiger partial charge in [-0.15, -0.1) is 0 Å². The SMILES string of the molecule is O=C(NC(CO)c1nc(-c2cc(C(F)(F)F)cc(C(F)(F)F)c2)no1)c1ccc(F)cc1. The number of aromatic nitrogens is 2. The second-order valence-electron chi connectivity index (χ2n) is 6.47. The third-order valence-electron chi connectivity index (χ3n) is 4.18. The van der Waals surface area contributed by atoms with E-state index in [0.29, 0.717) is 12.1 Å². The molecular formula is C19H12F7N3O3. The lowest BCUT2D eigenvalue weighted by molar-refractivity contribution is -0.143. The molecule has 0 aliphatic rings. The molecule has 0 saturated carbocycles. The monoisotopic (exact) mass is 463 g/mol. The van der Waals surface area contributed by atoms with Crippen LogP contribution in [0.15, 0.2) is 47.0 Å². The van der Waals surface area contributed by atoms with Gasteiger partial charge in [-0.3, -0.25) is 4.79 Å². The van der Waals surface area contributed by atoms with Crippen LogP contribution in [-0.4, -0.2) is 27.8 Å². The molecular weight excluding hydrogens is 451 g/mol. The summed E-state index contributed by atoms with van der Waals surface area (Å²) in [7, 11) is 0. The van der Waals surface area contributed by atoms with E-state index in [9.17, 15) is 40.6 Å². The molecule has 0 spiro atoms. The van der Waals surface area contributed by atoms with E-state index < -0.39 is 65.1 Å². The number of nitrogens with one attached hydrogen (secondary N) is 1. The van der Waals surface area contributed by atoms with Gasteiger partial charge in [-0.1, -0.05) is 5.16 Å². The highest BCUT2D eigenvalue weighted by Crippen LogP contribution is 2.38. The van der Waals surface area contributed by atoms with E-state index in [1.54, 1.807) is 0 Å². The Kier molecular flexibility index (Phi) is 6.21. The maximum absolute atomic E-state index is 13.0. The van der Waals surface area contributed by atoms with Crippen molar-refractivity contribution >= 4 is 5.91 Å². The van der Waals surface area contributed by atoms with Crippen molar-refractivity contribution < 1.29 is 45.2 Å². The smallest absolute Gasteiger partial charge is 0.394 e. The minimum Gasteiger partial charge on any atom is -0.394 e. The van der Waals surface area contributed by atoms with Gasteiger partial charge in [0.1, 0.15) is 11.9 Å². The largest absolute Gasteiger partial charge is 0.416 e. The summed E-state index contributed by atoms with van der Waals surface area (Å²) < 4.78 is 96.0. The van der Waals surface area contributed by atoms with Crippen molar-refractivity contribution in [1.29, 1.82) is 0 Å². The number of alkyl halides is 6. The number of halogens is 7. The Bertz CT molecular complexity index is 1080. The molecule has 1 amide bonds. The molecule has 6 nitrogen and oxygen atoms in total. The summed E-state index contributed by atoms with van der Waals surface area (Å²) in [5.41, 5.74) is -3.77. The van der Waals surface area contributed by atoms with Gasteiger partial charge in [0.2, 0.25) is 5.82 Å². The van der Waals surface area contributed by atoms with Gasteiger partial charge >= 0.3 is 12.4 Å². The molecule has 2 N–H and O–H groups in total. The summed E-state index contributed by atoms with van der Waals surface area (Å²) in [6.45, 7) is -0.787. The lowest BCUT2D eigenvalue weighted by Crippen LogP contribution is -2.31. The average Bonchev–Trinajstić information content (AvgIpc) is 3.21. The van der Waals surface area contributed by atoms with Crippen molar-refractivity contribution in [2.75, 3.05) is 6.61 Å². The number of rotatable bonds is 5. The maximum Gasteiger partial charge on any atom is 0.416 e. The second-order valence-corrected chi connectivity index (χ2v) is 6.47. The topological polar surface area (TPSA) is 88.2 Å². The first-order valence-electron chi connectivity index (χ1n) is 8.69. The molecule has 1 unspecified atom stereocenters. The van der Waals surface area contributed by atoms with Crippen LogP contribution in [0.1, 0.15) is 33.4 Å². The highest BCUT2D eigenvalue weighted by molar-refractivity contribution is 5.94. The molecule has 0 aliphatic carbocycles. The molecule has 0 aliphatic heterocycles. The zero-order valence-electron chi connectivity index (χ0n) is 15.6. The molecule has 0 bridgehead atoms. The van der Waals surface area contributed by atoms with Gasteiger partial charge < -0.3 is 14.9 Å². The van der Waals surface area contributed by atoms with E-state index in [1.807, 2.05) is 0 Å². The van der Waals surface area contributed by atoms with Gasteiger partial charge in [-0.05, 0) is 42.5 Å². The first-order valence-corrected chi connectivity index (χ1v) is 8.69. The first kappa shape index (κ1) is 23.2. The van der Waals surface area contributed by atoms with Crippen molar-refractivity contribution in [3.63, 3.8) is 0 Å². The molecule has 0 saturated heterocycles. The molecule has 3 aromatic rings. The Hall–Kier alpha value is -3.48. The van der Waals surface area contributed by atoms with Crippen LogP contribution in [0.25, 0.3) is 11.4 Å². The Labute approximate surface area is 174 Å². The van der Waals surface area contributed by atoms with Crippen molar-refractivity contribution in [2.45, 2.75) is 18.4 Å². The van der Waals surface area contributed by atoms with Crippen LogP contribution < -0.4 is 5.32 Å². The van der Waals surface area contributed by atoms with Gasteiger partial charge in [0.25, 0.3) is 11.8 Å². The molecule has 1 heterocycles. The Morgan fingerprint density at radius 1 is 1.00 bits per heavy atom. The zero-order valence-corrected chi connectivity index (χ0v) is 15.6. The van der Waals surface area contributed by atoms with Crippen LogP contribution >= 0.6 is 0 Å². The van der Waals surface area contributed by atoms with Gasteiger partial charge in [0.15, 0.2) is 0 Å². The van der Waals surface area contributed by atoms with Crippen LogP contribution in [0, 0.1) is 5.82 Å². The lowest BCUT2D eigenvalue weighted by atomic mass is 10.0. The highest BCUT2D eigenvalue weighted by Gasteiger charge is 2.37. The number of hydrogen-bond donors (Lipinski definition) is 2. The summed E-state index contributed by atoms with van der Waals surface area (Å²) in [5.74, 6) is -2.46. The van der Waals surface area contributed by atoms with Crippen LogP contribution in [0.2, 0.25) is 0 Å². The third kappa shape index (κ3) is 5.22. The average molecular weight is 463 g/mol. The Balaban J connectivity index is 1.91. The van der Waals surface area contributed by atoms with Crippen LogP contribution in [0.5, 0.6) is 0 Å². The molecule has 170 valence electrons. The molecule has 1 atom stereocenters. The minimum atomic E-state index is -5.07. The van der Waals surface area contributed by atoms with Gasteiger partial charge in [-0.25, -0.2) is 4.39 Å². The number of carbonyl (C=O) groups excluding carboxylic acids is 1. The van der Waals surface area contributed by atoms with Crippen molar-refractivity contribution in [2.24, 2.45) is 0 Å². The van der Waals surface area contributed by atoms with E-state index in [-0.39, 0.29) is 11.6 Å². The summed E-state index contributed by atoms with van der Waals surface area (Å²) in [6.07, 6.45) is -10.1. The predicted molar refractivity (Wildman–Crippen MR) is 93.4 cm³/mol. The number of hydrogen-bond acceptors (Lipinski definition) is 5. The fraction of sp³-hybridized carbons (Fsp3) is 0.211. The number of aliphatic hydroxyl groups excluding tert-OH is 1. The summed E-state index contributed by atoms with van der Waals surface area (Å²) in [5, 5.41) is 15.1. The predicted octanol–water partition coefficient (Wildman–Crippen LogP) is 4.38. The lowest BCUT2D eigenvalue weighted by Gasteiger charge is -2.13. The molecule has 0 fully saturated rings. The Morgan fingerprint density at radius 2 is 1.56 bits per heavy atom. The summed E-state index contributed by atoms with van der Waals surface area (Å²) in [4.78, 5) is 15.9. The van der Waals surface area contributed by atoms with E-state index in [0.717, 1.165) is 24.3 Å². The fourth-order valence-corrected chi connectivity index (χ4v) is 2.61. The van der Waals surface area contributed by atoms with E-state index in [1.165, 1.54) is 0 Å². The standard InChI is InChI=1S/C19H12F7N3O3/c20-13-3-1-9(2-4-13)16(31)27-14(8-30)17-28-15(29-32-17)10-5-11(18(21,22)23)7-12(6-10)19(24,25)26/h1-7,14,30H,8H2,(H,27,31). The molecule has 3 rings (SSSR count). The fourth-order valence-electron chi connectivity index (χ4n) is 2.61. The number of carbonyl (C=O) groups is 1. The van der Waals surface area contributed by atoms with Crippen LogP contribution in [-0.2, 0) is 12.4 Å². The van der Waals surface area contributed by atoms with Crippen molar-refractivity contribution in [3.8, 4) is 11.4 Å². The highest BCUT2D eigenvalue weighted by atomic mass is 19.4. The molecule has 1 aromatic heterocycles. The molecule has 0 radical (unpaired) electrons. The third-order valence-corrected chi connectivity index (χ3v) is 4.18. The minimum absolute atomic E-state index is 0.0114. The molecule has 13 heteroatoms. The molecule has 32 heavy (non-hydrogen) atoms. The van der Waals surface area contributed by atoms with E-state index >= 15 is 0 Å². The Morgan fingerprint density at radius 3 is 2.06 bits per heavy atom. The number of amides is 1. The van der Waals surface area contributed by atoms with E-state index in [4.69, 9.17) is 4.52 Å². The maximum atomic E-state index is 13.0. The number of benzene rings is 2. The second kappa shape index (κ2) is 8.57. The first-order chi connectivity index (χ1) is 14.9. The number of nitrogens with zero attached hydrogens (tertiary/aromatic N) is 2. The summed E-state index contributed by atoms with van der Waals surface area (Å²) in [6, 6.07) is 3.77. The molecule has 2 aromatic carbocycles. The van der Waals surface area contributed by atoms with Crippen LogP contribution in [0.4, 0.5) is 30.7 Å². The quantitative estimate of drug-likeness (QED) is 0.549. The van der Waals surface area contributed by atoms with Crippen LogP contribution in [0.3, 0.4) is 0 Å². The van der Waals surface area contributed by atoms with Gasteiger partial charge in [-0.2, -0.15) is 31.3 Å². The van der Waals surface area contributed by atoms with Gasteiger partial charge in [0, 0.05) is 11.1 Å². The van der Waals surface area contributed by atoms with E-state index in [2.05, 4.69) is 15.5 Å². The normalized spacial score (nSPS) is 13.1. The summed E-state index contributed by atoms with van der Waals surface area (Å²) >= 11 is 0. The van der Waals surface area contributed by atoms with Crippen molar-refractivity contribution in [1.82, 2.24) is 15.5 Å². The number of aliphatic hydroxyl groups is 1. The zero-order chi connectivity index (χ0) is 23.7.